The van der Waals surface area contributed by atoms with Crippen LogP contribution in [0.1, 0.15) is 81.5 Å². The fourth-order valence-electron chi connectivity index (χ4n) is 5.92. The van der Waals surface area contributed by atoms with Crippen LogP contribution in [0.2, 0.25) is 0 Å². The second-order valence-corrected chi connectivity index (χ2v) is 10.9. The molecule has 39 heavy (non-hydrogen) atoms. The van der Waals surface area contributed by atoms with Gasteiger partial charge in [0.15, 0.2) is 5.78 Å². The summed E-state index contributed by atoms with van der Waals surface area (Å²) in [4.78, 5) is 12.2. The second kappa shape index (κ2) is 13.5. The first kappa shape index (κ1) is 27.1. The molecule has 0 saturated heterocycles. The summed E-state index contributed by atoms with van der Waals surface area (Å²) in [6.07, 6.45) is 9.34. The lowest BCUT2D eigenvalue weighted by Gasteiger charge is -2.27. The molecule has 4 aromatic rings. The monoisotopic (exact) mass is 515 g/mol. The third-order valence-electron chi connectivity index (χ3n) is 8.26. The van der Waals surface area contributed by atoms with Crippen molar-refractivity contribution in [2.45, 2.75) is 70.8 Å². The van der Waals surface area contributed by atoms with E-state index in [4.69, 9.17) is 0 Å². The van der Waals surface area contributed by atoms with E-state index in [1.165, 1.54) is 45.4 Å². The molecule has 1 unspecified atom stereocenters. The minimum absolute atomic E-state index is 0.239. The van der Waals surface area contributed by atoms with E-state index in [-0.39, 0.29) is 5.78 Å². The first-order valence-corrected chi connectivity index (χ1v) is 14.8. The number of hydrogen-bond acceptors (Lipinski definition) is 2. The highest BCUT2D eigenvalue weighted by molar-refractivity contribution is 5.96. The molecule has 0 fully saturated rings. The van der Waals surface area contributed by atoms with E-state index in [9.17, 15) is 4.79 Å². The smallest absolute Gasteiger partial charge is 0.162 e. The minimum atomic E-state index is 0.239. The fourth-order valence-corrected chi connectivity index (χ4v) is 5.92. The van der Waals surface area contributed by atoms with E-state index >= 15 is 0 Å². The van der Waals surface area contributed by atoms with Crippen LogP contribution in [0.3, 0.4) is 0 Å². The summed E-state index contributed by atoms with van der Waals surface area (Å²) in [6, 6.07) is 35.6. The van der Waals surface area contributed by atoms with E-state index in [1.807, 2.05) is 13.0 Å². The summed E-state index contributed by atoms with van der Waals surface area (Å²) in [5.41, 5.74) is 10.7. The van der Waals surface area contributed by atoms with E-state index in [0.717, 1.165) is 57.1 Å². The molecule has 1 aliphatic rings. The quantitative estimate of drug-likeness (QED) is 0.193. The molecule has 2 heteroatoms. The molecular formula is C37H41NO. The Bertz CT molecular complexity index is 1360. The van der Waals surface area contributed by atoms with E-state index in [2.05, 4.69) is 96.3 Å². The predicted molar refractivity (Wildman–Crippen MR) is 163 cm³/mol. The number of carbonyl (C=O) groups is 1. The van der Waals surface area contributed by atoms with E-state index < -0.39 is 0 Å². The number of aryl methyl sites for hydroxylation is 5. The van der Waals surface area contributed by atoms with Crippen LogP contribution >= 0.6 is 0 Å². The van der Waals surface area contributed by atoms with Crippen LogP contribution in [0.4, 0.5) is 0 Å². The van der Waals surface area contributed by atoms with Gasteiger partial charge in [0.25, 0.3) is 0 Å². The number of benzene rings is 4. The van der Waals surface area contributed by atoms with Crippen molar-refractivity contribution < 1.29 is 4.79 Å². The lowest BCUT2D eigenvalue weighted by atomic mass is 9.86. The summed E-state index contributed by atoms with van der Waals surface area (Å²) in [6.45, 7) is 2.90. The molecule has 0 spiro atoms. The summed E-state index contributed by atoms with van der Waals surface area (Å²) in [7, 11) is 0. The van der Waals surface area contributed by atoms with Gasteiger partial charge in [-0.05, 0) is 103 Å². The maximum absolute atomic E-state index is 12.2. The fraction of sp³-hybridized carbons (Fsp3) is 0.324. The van der Waals surface area contributed by atoms with Gasteiger partial charge in [-0.3, -0.25) is 4.79 Å². The van der Waals surface area contributed by atoms with Crippen molar-refractivity contribution >= 4 is 5.78 Å². The zero-order chi connectivity index (χ0) is 26.9. The molecule has 0 saturated carbocycles. The van der Waals surface area contributed by atoms with Gasteiger partial charge in [-0.1, -0.05) is 97.9 Å². The van der Waals surface area contributed by atoms with Gasteiger partial charge in [0, 0.05) is 18.0 Å². The van der Waals surface area contributed by atoms with Crippen LogP contribution in [-0.4, -0.2) is 12.3 Å². The molecular weight excluding hydrogens is 474 g/mol. The molecule has 200 valence electrons. The summed E-state index contributed by atoms with van der Waals surface area (Å²) in [5, 5.41) is 3.83. The number of ketones is 1. The topological polar surface area (TPSA) is 29.1 Å². The second-order valence-electron chi connectivity index (χ2n) is 10.9. The lowest BCUT2D eigenvalue weighted by Crippen LogP contribution is -2.27. The third kappa shape index (κ3) is 7.34. The molecule has 0 aliphatic heterocycles. The minimum Gasteiger partial charge on any atom is -0.310 e. The summed E-state index contributed by atoms with van der Waals surface area (Å²) >= 11 is 0. The Hall–Kier alpha value is -3.49. The molecule has 0 radical (unpaired) electrons. The van der Waals surface area contributed by atoms with Crippen molar-refractivity contribution in [3.05, 3.63) is 142 Å². The van der Waals surface area contributed by atoms with Gasteiger partial charge in [-0.2, -0.15) is 0 Å². The molecule has 5 rings (SSSR count). The first-order chi connectivity index (χ1) is 19.2. The highest BCUT2D eigenvalue weighted by Crippen LogP contribution is 2.30. The van der Waals surface area contributed by atoms with E-state index in [1.54, 1.807) is 0 Å². The van der Waals surface area contributed by atoms with Gasteiger partial charge in [0.2, 0.25) is 0 Å². The average molecular weight is 516 g/mol. The van der Waals surface area contributed by atoms with Crippen molar-refractivity contribution in [2.75, 3.05) is 6.54 Å². The van der Waals surface area contributed by atoms with Gasteiger partial charge in [0.1, 0.15) is 0 Å². The third-order valence-corrected chi connectivity index (χ3v) is 8.26. The molecule has 1 atom stereocenters. The van der Waals surface area contributed by atoms with Crippen molar-refractivity contribution in [1.82, 2.24) is 5.32 Å². The molecule has 0 heterocycles. The SMILES string of the molecule is CCC(=O)c1ccc2c(c1)CCCC2NCCc1ccccc1CCc1ccc(CCc2ccccc2)cc1. The predicted octanol–water partition coefficient (Wildman–Crippen LogP) is 8.06. The number of carbonyl (C=O) groups excluding carboxylic acids is 1. The molecule has 2 nitrogen and oxygen atoms in total. The number of fused-ring (bicyclic) bond motifs is 1. The Morgan fingerprint density at radius 2 is 1.33 bits per heavy atom. The van der Waals surface area contributed by atoms with Gasteiger partial charge < -0.3 is 5.32 Å². The Morgan fingerprint density at radius 3 is 2.03 bits per heavy atom. The Balaban J connectivity index is 1.13. The Labute approximate surface area is 234 Å². The van der Waals surface area contributed by atoms with Crippen LogP contribution in [0.15, 0.2) is 97.1 Å². The van der Waals surface area contributed by atoms with Crippen molar-refractivity contribution in [3.63, 3.8) is 0 Å². The lowest BCUT2D eigenvalue weighted by molar-refractivity contribution is 0.0988. The standard InChI is InChI=1S/C37H41NO/c1-2-37(39)34-23-24-35-33(27-34)13-8-14-36(35)38-26-25-32-12-7-6-11-31(32)22-21-30-19-17-29(18-20-30)16-15-28-9-4-3-5-10-28/h3-7,9-12,17-20,23-24,27,36,38H,2,8,13-16,21-22,25-26H2,1H3. The van der Waals surface area contributed by atoms with Gasteiger partial charge >= 0.3 is 0 Å². The van der Waals surface area contributed by atoms with Crippen LogP contribution in [0.25, 0.3) is 0 Å². The largest absolute Gasteiger partial charge is 0.310 e. The van der Waals surface area contributed by atoms with Crippen molar-refractivity contribution in [1.29, 1.82) is 0 Å². The van der Waals surface area contributed by atoms with E-state index in [0.29, 0.717) is 12.5 Å². The highest BCUT2D eigenvalue weighted by Gasteiger charge is 2.20. The molecule has 1 aliphatic carbocycles. The van der Waals surface area contributed by atoms with Crippen LogP contribution in [0, 0.1) is 0 Å². The Morgan fingerprint density at radius 1 is 0.718 bits per heavy atom. The number of hydrogen-bond donors (Lipinski definition) is 1. The van der Waals surface area contributed by atoms with Crippen LogP contribution in [0.5, 0.6) is 0 Å². The molecule has 4 aromatic carbocycles. The highest BCUT2D eigenvalue weighted by atomic mass is 16.1. The van der Waals surface area contributed by atoms with Crippen molar-refractivity contribution in [3.8, 4) is 0 Å². The maximum Gasteiger partial charge on any atom is 0.162 e. The molecule has 0 bridgehead atoms. The van der Waals surface area contributed by atoms with Crippen LogP contribution < -0.4 is 5.32 Å². The summed E-state index contributed by atoms with van der Waals surface area (Å²) < 4.78 is 0. The summed E-state index contributed by atoms with van der Waals surface area (Å²) in [5.74, 6) is 0.239. The van der Waals surface area contributed by atoms with Gasteiger partial charge in [0.05, 0.1) is 0 Å². The Kier molecular flexibility index (Phi) is 9.40. The number of nitrogens with one attached hydrogen (secondary N) is 1. The maximum atomic E-state index is 12.2. The number of Topliss-reactive ketones (excluding diaryl/α,β-unsaturated/α-hetero) is 1. The molecule has 0 amide bonds. The van der Waals surface area contributed by atoms with Gasteiger partial charge in [-0.25, -0.2) is 0 Å². The number of rotatable bonds is 12. The normalized spacial score (nSPS) is 14.6. The molecule has 0 aromatic heterocycles. The van der Waals surface area contributed by atoms with Crippen molar-refractivity contribution in [2.24, 2.45) is 0 Å². The zero-order valence-corrected chi connectivity index (χ0v) is 23.3. The first-order valence-electron chi connectivity index (χ1n) is 14.8. The van der Waals surface area contributed by atoms with Gasteiger partial charge in [-0.15, -0.1) is 0 Å². The average Bonchev–Trinajstić information content (AvgIpc) is 3.00. The molecule has 1 N–H and O–H groups in total. The van der Waals surface area contributed by atoms with Crippen LogP contribution in [-0.2, 0) is 38.5 Å². The zero-order valence-electron chi connectivity index (χ0n) is 23.3.